The summed E-state index contributed by atoms with van der Waals surface area (Å²) in [6.07, 6.45) is 2.78. The van der Waals surface area contributed by atoms with E-state index in [9.17, 15) is 4.79 Å². The number of carbonyl (C=O) groups is 1. The van der Waals surface area contributed by atoms with Crippen molar-refractivity contribution in [3.8, 4) is 0 Å². The predicted octanol–water partition coefficient (Wildman–Crippen LogP) is 3.20. The Bertz CT molecular complexity index is 664. The van der Waals surface area contributed by atoms with Gasteiger partial charge in [-0.25, -0.2) is 0 Å². The van der Waals surface area contributed by atoms with Crippen LogP contribution in [0.15, 0.2) is 54.6 Å². The van der Waals surface area contributed by atoms with Gasteiger partial charge in [0.25, 0.3) is 0 Å². The lowest BCUT2D eigenvalue weighted by atomic mass is 9.80. The maximum absolute atomic E-state index is 12.4. The van der Waals surface area contributed by atoms with E-state index in [1.807, 2.05) is 18.2 Å². The first-order valence-corrected chi connectivity index (χ1v) is 7.71. The van der Waals surface area contributed by atoms with Crippen LogP contribution < -0.4 is 0 Å². The molecule has 1 heterocycles. The van der Waals surface area contributed by atoms with Crippen LogP contribution in [0.3, 0.4) is 0 Å². The van der Waals surface area contributed by atoms with Crippen molar-refractivity contribution in [1.82, 2.24) is 4.90 Å². The molecule has 0 N–H and O–H groups in total. The highest BCUT2D eigenvalue weighted by Crippen LogP contribution is 2.37. The van der Waals surface area contributed by atoms with E-state index in [0.717, 1.165) is 19.4 Å². The zero-order valence-corrected chi connectivity index (χ0v) is 12.0. The van der Waals surface area contributed by atoms with E-state index in [2.05, 4.69) is 41.3 Å². The quantitative estimate of drug-likeness (QED) is 0.825. The van der Waals surface area contributed by atoms with Gasteiger partial charge in [-0.1, -0.05) is 54.6 Å². The number of likely N-dealkylation sites (tertiary alicyclic amines) is 1. The highest BCUT2D eigenvalue weighted by molar-refractivity contribution is 5.79. The summed E-state index contributed by atoms with van der Waals surface area (Å²) in [5.41, 5.74) is 4.09. The molecule has 2 unspecified atom stereocenters. The number of hydrogen-bond donors (Lipinski definition) is 0. The SMILES string of the molecule is O=C1CC2Cc3ccccc3CC2N1Cc1ccccc1. The van der Waals surface area contributed by atoms with Gasteiger partial charge in [-0.2, -0.15) is 0 Å². The lowest BCUT2D eigenvalue weighted by Gasteiger charge is -2.33. The minimum Gasteiger partial charge on any atom is -0.335 e. The Hall–Kier alpha value is -2.09. The Morgan fingerprint density at radius 3 is 2.29 bits per heavy atom. The molecule has 0 spiro atoms. The van der Waals surface area contributed by atoms with Crippen molar-refractivity contribution in [2.45, 2.75) is 31.8 Å². The van der Waals surface area contributed by atoms with Crippen molar-refractivity contribution in [2.24, 2.45) is 5.92 Å². The van der Waals surface area contributed by atoms with E-state index < -0.39 is 0 Å². The smallest absolute Gasteiger partial charge is 0.223 e. The molecule has 2 atom stereocenters. The van der Waals surface area contributed by atoms with Crippen LogP contribution in [0.2, 0.25) is 0 Å². The Morgan fingerprint density at radius 2 is 1.52 bits per heavy atom. The van der Waals surface area contributed by atoms with Gasteiger partial charge in [-0.15, -0.1) is 0 Å². The second-order valence-electron chi connectivity index (χ2n) is 6.22. The normalized spacial score (nSPS) is 23.8. The van der Waals surface area contributed by atoms with E-state index in [1.54, 1.807) is 0 Å². The third-order valence-corrected chi connectivity index (χ3v) is 4.93. The van der Waals surface area contributed by atoms with Gasteiger partial charge in [-0.3, -0.25) is 4.79 Å². The molecule has 0 bridgehead atoms. The molecule has 0 aromatic heterocycles. The summed E-state index contributed by atoms with van der Waals surface area (Å²) < 4.78 is 0. The van der Waals surface area contributed by atoms with Crippen LogP contribution in [0.5, 0.6) is 0 Å². The average molecular weight is 277 g/mol. The topological polar surface area (TPSA) is 20.3 Å². The summed E-state index contributed by atoms with van der Waals surface area (Å²) in [4.78, 5) is 14.5. The summed E-state index contributed by atoms with van der Waals surface area (Å²) in [6, 6.07) is 19.4. The molecule has 0 radical (unpaired) electrons. The summed E-state index contributed by atoms with van der Waals surface area (Å²) in [6.45, 7) is 0.753. The highest BCUT2D eigenvalue weighted by atomic mass is 16.2. The molecule has 21 heavy (non-hydrogen) atoms. The molecule has 2 nitrogen and oxygen atoms in total. The van der Waals surface area contributed by atoms with Crippen LogP contribution in [0.4, 0.5) is 0 Å². The van der Waals surface area contributed by atoms with Crippen molar-refractivity contribution < 1.29 is 4.79 Å². The Balaban J connectivity index is 1.60. The summed E-state index contributed by atoms with van der Waals surface area (Å²) >= 11 is 0. The molecule has 1 fully saturated rings. The lowest BCUT2D eigenvalue weighted by molar-refractivity contribution is -0.129. The van der Waals surface area contributed by atoms with Gasteiger partial charge >= 0.3 is 0 Å². The van der Waals surface area contributed by atoms with Gasteiger partial charge in [0.15, 0.2) is 0 Å². The Labute approximate surface area is 125 Å². The number of hydrogen-bond acceptors (Lipinski definition) is 1. The van der Waals surface area contributed by atoms with Crippen molar-refractivity contribution in [2.75, 3.05) is 0 Å². The second kappa shape index (κ2) is 5.03. The number of rotatable bonds is 2. The Kier molecular flexibility index (Phi) is 3.03. The van der Waals surface area contributed by atoms with Gasteiger partial charge < -0.3 is 4.90 Å². The van der Waals surface area contributed by atoms with Gasteiger partial charge in [0.2, 0.25) is 5.91 Å². The molecule has 2 aromatic carbocycles. The maximum Gasteiger partial charge on any atom is 0.223 e. The molecule has 0 saturated carbocycles. The standard InChI is InChI=1S/C19H19NO/c21-19-12-17-10-15-8-4-5-9-16(15)11-18(17)20(19)13-14-6-2-1-3-7-14/h1-9,17-18H,10-13H2. The maximum atomic E-state index is 12.4. The minimum atomic E-state index is 0.321. The number of nitrogens with zero attached hydrogens (tertiary/aromatic N) is 1. The van der Waals surface area contributed by atoms with Gasteiger partial charge in [0.1, 0.15) is 0 Å². The van der Waals surface area contributed by atoms with Crippen LogP contribution >= 0.6 is 0 Å². The monoisotopic (exact) mass is 277 g/mol. The highest BCUT2D eigenvalue weighted by Gasteiger charge is 2.41. The fraction of sp³-hybridized carbons (Fsp3) is 0.316. The molecule has 4 rings (SSSR count). The van der Waals surface area contributed by atoms with Crippen molar-refractivity contribution in [3.63, 3.8) is 0 Å². The second-order valence-corrected chi connectivity index (χ2v) is 6.22. The summed E-state index contributed by atoms with van der Waals surface area (Å²) in [7, 11) is 0. The third kappa shape index (κ3) is 2.25. The summed E-state index contributed by atoms with van der Waals surface area (Å²) in [5.74, 6) is 0.817. The Morgan fingerprint density at radius 1 is 0.857 bits per heavy atom. The van der Waals surface area contributed by atoms with E-state index in [1.165, 1.54) is 16.7 Å². The van der Waals surface area contributed by atoms with Crippen molar-refractivity contribution in [3.05, 3.63) is 71.3 Å². The predicted molar refractivity (Wildman–Crippen MR) is 82.7 cm³/mol. The molecule has 2 heteroatoms. The van der Waals surface area contributed by atoms with E-state index in [-0.39, 0.29) is 0 Å². The van der Waals surface area contributed by atoms with Crippen LogP contribution in [0.1, 0.15) is 23.1 Å². The van der Waals surface area contributed by atoms with Gasteiger partial charge in [-0.05, 0) is 35.4 Å². The fourth-order valence-corrected chi connectivity index (χ4v) is 3.85. The fourth-order valence-electron chi connectivity index (χ4n) is 3.85. The minimum absolute atomic E-state index is 0.321. The number of amides is 1. The first-order chi connectivity index (χ1) is 10.3. The first-order valence-electron chi connectivity index (χ1n) is 7.71. The molecule has 1 amide bonds. The van der Waals surface area contributed by atoms with Crippen LogP contribution in [0.25, 0.3) is 0 Å². The molecular weight excluding hydrogens is 258 g/mol. The van der Waals surface area contributed by atoms with Gasteiger partial charge in [0.05, 0.1) is 0 Å². The first kappa shape index (κ1) is 12.6. The van der Waals surface area contributed by atoms with Crippen LogP contribution in [-0.4, -0.2) is 16.8 Å². The van der Waals surface area contributed by atoms with E-state index in [4.69, 9.17) is 0 Å². The lowest BCUT2D eigenvalue weighted by Crippen LogP contribution is -2.39. The molecule has 1 saturated heterocycles. The van der Waals surface area contributed by atoms with Crippen LogP contribution in [0, 0.1) is 5.92 Å². The average Bonchev–Trinajstić information content (AvgIpc) is 2.81. The van der Waals surface area contributed by atoms with Gasteiger partial charge in [0, 0.05) is 19.0 Å². The molecule has 106 valence electrons. The van der Waals surface area contributed by atoms with E-state index in [0.29, 0.717) is 24.3 Å². The molecule has 1 aliphatic carbocycles. The molecule has 2 aromatic rings. The zero-order valence-electron chi connectivity index (χ0n) is 12.0. The van der Waals surface area contributed by atoms with Crippen molar-refractivity contribution >= 4 is 5.91 Å². The largest absolute Gasteiger partial charge is 0.335 e. The number of benzene rings is 2. The van der Waals surface area contributed by atoms with Crippen molar-refractivity contribution in [1.29, 1.82) is 0 Å². The summed E-state index contributed by atoms with van der Waals surface area (Å²) in [5, 5.41) is 0. The molecule has 1 aliphatic heterocycles. The molecule has 2 aliphatic rings. The molecular formula is C19H19NO. The number of fused-ring (bicyclic) bond motifs is 2. The van der Waals surface area contributed by atoms with E-state index >= 15 is 0 Å². The number of carbonyl (C=O) groups excluding carboxylic acids is 1. The third-order valence-electron chi connectivity index (χ3n) is 4.93. The van der Waals surface area contributed by atoms with Crippen LogP contribution in [-0.2, 0) is 24.2 Å². The zero-order chi connectivity index (χ0) is 14.2.